The topological polar surface area (TPSA) is 29.8 Å². The van der Waals surface area contributed by atoms with E-state index in [0.29, 0.717) is 0 Å². The van der Waals surface area contributed by atoms with Gasteiger partial charge in [-0.15, -0.1) is 0 Å². The van der Waals surface area contributed by atoms with E-state index in [0.717, 1.165) is 18.3 Å². The standard InChI is InChI=1S/C11H17NO/c1-2-5-10(6-3-1)12-9-11-7-4-8-13-11/h4,7-8,10,12H,1-3,5-6,9H2/p+1. The van der Waals surface area contributed by atoms with E-state index in [1.54, 1.807) is 6.26 Å². The Balaban J connectivity index is 1.72. The Morgan fingerprint density at radius 2 is 2.15 bits per heavy atom. The van der Waals surface area contributed by atoms with E-state index in [-0.39, 0.29) is 0 Å². The van der Waals surface area contributed by atoms with E-state index < -0.39 is 0 Å². The summed E-state index contributed by atoms with van der Waals surface area (Å²) in [5.74, 6) is 1.10. The summed E-state index contributed by atoms with van der Waals surface area (Å²) in [7, 11) is 0. The van der Waals surface area contributed by atoms with E-state index in [9.17, 15) is 0 Å². The predicted molar refractivity (Wildman–Crippen MR) is 51.2 cm³/mol. The van der Waals surface area contributed by atoms with Crippen LogP contribution >= 0.6 is 0 Å². The van der Waals surface area contributed by atoms with Crippen LogP contribution < -0.4 is 5.32 Å². The third-order valence-electron chi connectivity index (χ3n) is 2.88. The first-order valence-corrected chi connectivity index (χ1v) is 5.31. The third kappa shape index (κ3) is 2.59. The Bertz CT molecular complexity index is 224. The average molecular weight is 180 g/mol. The van der Waals surface area contributed by atoms with Gasteiger partial charge in [0.15, 0.2) is 5.76 Å². The molecule has 0 aliphatic heterocycles. The van der Waals surface area contributed by atoms with Gasteiger partial charge in [-0.3, -0.25) is 0 Å². The van der Waals surface area contributed by atoms with Crippen molar-refractivity contribution in [1.82, 2.24) is 0 Å². The lowest BCUT2D eigenvalue weighted by Crippen LogP contribution is -2.88. The fourth-order valence-electron chi connectivity index (χ4n) is 2.08. The lowest BCUT2D eigenvalue weighted by Gasteiger charge is -2.19. The highest BCUT2D eigenvalue weighted by Crippen LogP contribution is 2.14. The van der Waals surface area contributed by atoms with Gasteiger partial charge in [0.1, 0.15) is 6.54 Å². The molecule has 0 atom stereocenters. The average Bonchev–Trinajstić information content (AvgIpc) is 2.69. The van der Waals surface area contributed by atoms with Gasteiger partial charge in [0.05, 0.1) is 12.3 Å². The third-order valence-corrected chi connectivity index (χ3v) is 2.88. The molecule has 2 nitrogen and oxygen atoms in total. The molecular weight excluding hydrogens is 162 g/mol. The zero-order valence-electron chi connectivity index (χ0n) is 8.04. The number of nitrogens with two attached hydrogens (primary N) is 1. The SMILES string of the molecule is c1coc(C[NH2+]C2CCCCC2)c1. The van der Waals surface area contributed by atoms with Gasteiger partial charge >= 0.3 is 0 Å². The van der Waals surface area contributed by atoms with Crippen LogP contribution in [0.3, 0.4) is 0 Å². The van der Waals surface area contributed by atoms with Crippen molar-refractivity contribution in [1.29, 1.82) is 0 Å². The van der Waals surface area contributed by atoms with Crippen LogP contribution in [0.25, 0.3) is 0 Å². The molecule has 2 N–H and O–H groups in total. The number of quaternary nitrogens is 1. The summed E-state index contributed by atoms with van der Waals surface area (Å²) in [6.45, 7) is 1.01. The quantitative estimate of drug-likeness (QED) is 0.753. The maximum absolute atomic E-state index is 5.29. The van der Waals surface area contributed by atoms with Crippen molar-refractivity contribution in [2.24, 2.45) is 0 Å². The second-order valence-corrected chi connectivity index (χ2v) is 3.92. The van der Waals surface area contributed by atoms with E-state index in [2.05, 4.69) is 11.4 Å². The summed E-state index contributed by atoms with van der Waals surface area (Å²) in [6.07, 6.45) is 8.80. The molecule has 1 aliphatic carbocycles. The van der Waals surface area contributed by atoms with E-state index >= 15 is 0 Å². The molecule has 0 amide bonds. The Morgan fingerprint density at radius 1 is 1.31 bits per heavy atom. The second kappa shape index (κ2) is 4.47. The maximum atomic E-state index is 5.29. The van der Waals surface area contributed by atoms with E-state index in [1.165, 1.54) is 32.1 Å². The molecule has 2 rings (SSSR count). The molecule has 2 heteroatoms. The monoisotopic (exact) mass is 180 g/mol. The number of hydrogen-bond acceptors (Lipinski definition) is 1. The highest BCUT2D eigenvalue weighted by Gasteiger charge is 2.15. The molecule has 1 aromatic heterocycles. The molecule has 1 heterocycles. The molecule has 1 aliphatic rings. The highest BCUT2D eigenvalue weighted by molar-refractivity contribution is 4.95. The summed E-state index contributed by atoms with van der Waals surface area (Å²) in [5.41, 5.74) is 0. The molecule has 1 fully saturated rings. The van der Waals surface area contributed by atoms with Crippen molar-refractivity contribution >= 4 is 0 Å². The molecule has 72 valence electrons. The Hall–Kier alpha value is -0.760. The lowest BCUT2D eigenvalue weighted by molar-refractivity contribution is -0.708. The van der Waals surface area contributed by atoms with Crippen molar-refractivity contribution in [3.63, 3.8) is 0 Å². The van der Waals surface area contributed by atoms with Crippen LogP contribution in [0.4, 0.5) is 0 Å². The van der Waals surface area contributed by atoms with E-state index in [4.69, 9.17) is 4.42 Å². The molecule has 1 saturated carbocycles. The minimum Gasteiger partial charge on any atom is -0.463 e. The molecule has 0 saturated heterocycles. The molecule has 0 spiro atoms. The Kier molecular flexibility index (Phi) is 3.03. The van der Waals surface area contributed by atoms with Crippen LogP contribution in [0, 0.1) is 0 Å². The lowest BCUT2D eigenvalue weighted by atomic mass is 9.95. The van der Waals surface area contributed by atoms with Crippen molar-refractivity contribution in [2.45, 2.75) is 44.7 Å². The summed E-state index contributed by atoms with van der Waals surface area (Å²) in [6, 6.07) is 4.86. The van der Waals surface area contributed by atoms with Crippen LogP contribution in [-0.2, 0) is 6.54 Å². The largest absolute Gasteiger partial charge is 0.463 e. The van der Waals surface area contributed by atoms with Crippen molar-refractivity contribution < 1.29 is 9.73 Å². The highest BCUT2D eigenvalue weighted by atomic mass is 16.3. The normalized spacial score (nSPS) is 19.1. The van der Waals surface area contributed by atoms with Crippen LogP contribution in [0.1, 0.15) is 37.9 Å². The van der Waals surface area contributed by atoms with Gasteiger partial charge in [-0.25, -0.2) is 0 Å². The van der Waals surface area contributed by atoms with Crippen molar-refractivity contribution in [2.75, 3.05) is 0 Å². The summed E-state index contributed by atoms with van der Waals surface area (Å²) in [5, 5.41) is 2.43. The van der Waals surface area contributed by atoms with Gasteiger partial charge in [-0.1, -0.05) is 6.42 Å². The minimum atomic E-state index is 0.846. The molecule has 0 unspecified atom stereocenters. The van der Waals surface area contributed by atoms with Gasteiger partial charge in [0.2, 0.25) is 0 Å². The molecule has 13 heavy (non-hydrogen) atoms. The Labute approximate surface area is 79.3 Å². The van der Waals surface area contributed by atoms with Crippen LogP contribution in [0.2, 0.25) is 0 Å². The zero-order valence-corrected chi connectivity index (χ0v) is 8.04. The maximum Gasteiger partial charge on any atom is 0.157 e. The first-order chi connectivity index (χ1) is 6.45. The fraction of sp³-hybridized carbons (Fsp3) is 0.636. The summed E-state index contributed by atoms with van der Waals surface area (Å²) in [4.78, 5) is 0. The molecule has 0 aromatic carbocycles. The fourth-order valence-corrected chi connectivity index (χ4v) is 2.08. The molecule has 0 bridgehead atoms. The van der Waals surface area contributed by atoms with Crippen LogP contribution in [-0.4, -0.2) is 6.04 Å². The number of rotatable bonds is 3. The summed E-state index contributed by atoms with van der Waals surface area (Å²) < 4.78 is 5.29. The second-order valence-electron chi connectivity index (χ2n) is 3.92. The first-order valence-electron chi connectivity index (χ1n) is 5.31. The molecule has 1 aromatic rings. The Morgan fingerprint density at radius 3 is 2.85 bits per heavy atom. The van der Waals surface area contributed by atoms with Gasteiger partial charge in [-0.2, -0.15) is 0 Å². The first kappa shape index (κ1) is 8.82. The van der Waals surface area contributed by atoms with Gasteiger partial charge in [0.25, 0.3) is 0 Å². The van der Waals surface area contributed by atoms with Gasteiger partial charge in [-0.05, 0) is 37.8 Å². The molecular formula is C11H18NO+. The van der Waals surface area contributed by atoms with Crippen molar-refractivity contribution in [3.8, 4) is 0 Å². The number of furan rings is 1. The van der Waals surface area contributed by atoms with Crippen LogP contribution in [0.15, 0.2) is 22.8 Å². The summed E-state index contributed by atoms with van der Waals surface area (Å²) >= 11 is 0. The molecule has 0 radical (unpaired) electrons. The van der Waals surface area contributed by atoms with E-state index in [1.807, 2.05) is 6.07 Å². The van der Waals surface area contributed by atoms with Crippen molar-refractivity contribution in [3.05, 3.63) is 24.2 Å². The van der Waals surface area contributed by atoms with Gasteiger partial charge < -0.3 is 9.73 Å². The predicted octanol–water partition coefficient (Wildman–Crippen LogP) is 1.68. The zero-order chi connectivity index (χ0) is 8.93. The number of hydrogen-bond donors (Lipinski definition) is 1. The minimum absolute atomic E-state index is 0.846. The van der Waals surface area contributed by atoms with Gasteiger partial charge in [0, 0.05) is 0 Å². The smallest absolute Gasteiger partial charge is 0.157 e. The van der Waals surface area contributed by atoms with Crippen LogP contribution in [0.5, 0.6) is 0 Å².